The number of carbonyl (C=O) groups is 2. The van der Waals surface area contributed by atoms with E-state index < -0.39 is 16.1 Å². The van der Waals surface area contributed by atoms with Crippen molar-refractivity contribution in [3.05, 3.63) is 54.1 Å². The molecule has 0 saturated carbocycles. The van der Waals surface area contributed by atoms with E-state index in [0.29, 0.717) is 23.7 Å². The summed E-state index contributed by atoms with van der Waals surface area (Å²) in [5.74, 6) is 1.13. The number of rotatable bonds is 14. The molecule has 204 valence electrons. The lowest BCUT2D eigenvalue weighted by Gasteiger charge is -2.29. The molecule has 0 heterocycles. The van der Waals surface area contributed by atoms with E-state index in [-0.39, 0.29) is 43.7 Å². The van der Waals surface area contributed by atoms with Crippen molar-refractivity contribution in [3.63, 3.8) is 0 Å². The second-order valence-electron chi connectivity index (χ2n) is 9.32. The molecule has 9 nitrogen and oxygen atoms in total. The third kappa shape index (κ3) is 9.27. The Kier molecular flexibility index (Phi) is 11.2. The summed E-state index contributed by atoms with van der Waals surface area (Å²) in [6, 6.07) is 13.3. The molecule has 0 spiro atoms. The Bertz CT molecular complexity index is 1120. The Morgan fingerprint density at radius 2 is 1.46 bits per heavy atom. The fourth-order valence-electron chi connectivity index (χ4n) is 3.72. The van der Waals surface area contributed by atoms with Gasteiger partial charge in [0.15, 0.2) is 0 Å². The number of anilines is 1. The molecule has 0 aliphatic heterocycles. The second kappa shape index (κ2) is 13.9. The second-order valence-corrected chi connectivity index (χ2v) is 11.2. The van der Waals surface area contributed by atoms with Crippen LogP contribution in [0.1, 0.15) is 39.2 Å². The highest BCUT2D eigenvalue weighted by Crippen LogP contribution is 2.22. The minimum atomic E-state index is -3.56. The zero-order valence-corrected chi connectivity index (χ0v) is 23.4. The molecule has 0 radical (unpaired) electrons. The number of sulfonamides is 1. The summed E-state index contributed by atoms with van der Waals surface area (Å²) in [6.45, 7) is 6.59. The van der Waals surface area contributed by atoms with Gasteiger partial charge in [-0.05, 0) is 61.2 Å². The van der Waals surface area contributed by atoms with Crippen LogP contribution in [0.25, 0.3) is 0 Å². The van der Waals surface area contributed by atoms with Crippen LogP contribution >= 0.6 is 0 Å². The quantitative estimate of drug-likeness (QED) is 0.399. The van der Waals surface area contributed by atoms with Crippen LogP contribution < -0.4 is 19.1 Å². The minimum Gasteiger partial charge on any atom is -0.497 e. The van der Waals surface area contributed by atoms with E-state index in [1.807, 2.05) is 26.0 Å². The highest BCUT2D eigenvalue weighted by atomic mass is 32.2. The molecule has 1 N–H and O–H groups in total. The Morgan fingerprint density at radius 3 is 1.95 bits per heavy atom. The van der Waals surface area contributed by atoms with Gasteiger partial charge in [0.25, 0.3) is 0 Å². The van der Waals surface area contributed by atoms with Crippen molar-refractivity contribution in [2.75, 3.05) is 37.9 Å². The number of benzene rings is 2. The van der Waals surface area contributed by atoms with Crippen LogP contribution in [-0.2, 0) is 26.2 Å². The van der Waals surface area contributed by atoms with Gasteiger partial charge in [0, 0.05) is 26.1 Å². The summed E-state index contributed by atoms with van der Waals surface area (Å²) in [5.41, 5.74) is 1.35. The summed E-state index contributed by atoms with van der Waals surface area (Å²) in [7, 11) is -0.445. The Hall–Kier alpha value is -3.27. The first kappa shape index (κ1) is 30.0. The SMILES string of the molecule is COc1ccc(CN(C(=O)CCCN(c2ccc(OC)cc2)S(C)(=O)=O)[C@@H](C)C(=O)NCC(C)C)cc1. The van der Waals surface area contributed by atoms with Gasteiger partial charge in [-0.15, -0.1) is 0 Å². The van der Waals surface area contributed by atoms with E-state index in [2.05, 4.69) is 5.32 Å². The van der Waals surface area contributed by atoms with Gasteiger partial charge < -0.3 is 19.7 Å². The number of ether oxygens (including phenoxy) is 2. The van der Waals surface area contributed by atoms with Crippen molar-refractivity contribution in [1.82, 2.24) is 10.2 Å². The van der Waals surface area contributed by atoms with Crippen molar-refractivity contribution >= 4 is 27.5 Å². The lowest BCUT2D eigenvalue weighted by atomic mass is 10.1. The number of hydrogen-bond acceptors (Lipinski definition) is 6. The number of hydrogen-bond donors (Lipinski definition) is 1. The Labute approximate surface area is 220 Å². The minimum absolute atomic E-state index is 0.0835. The maximum atomic E-state index is 13.3. The molecule has 37 heavy (non-hydrogen) atoms. The molecule has 10 heteroatoms. The van der Waals surface area contributed by atoms with Crippen LogP contribution in [0.2, 0.25) is 0 Å². The topological polar surface area (TPSA) is 105 Å². The molecule has 0 aromatic heterocycles. The Morgan fingerprint density at radius 1 is 0.919 bits per heavy atom. The zero-order valence-electron chi connectivity index (χ0n) is 22.6. The average Bonchev–Trinajstić information content (AvgIpc) is 2.87. The molecular formula is C27H39N3O6S. The largest absolute Gasteiger partial charge is 0.497 e. The van der Waals surface area contributed by atoms with Crippen molar-refractivity contribution in [1.29, 1.82) is 0 Å². The third-order valence-corrected chi connectivity index (χ3v) is 7.07. The van der Waals surface area contributed by atoms with Crippen molar-refractivity contribution in [2.45, 2.75) is 46.2 Å². The smallest absolute Gasteiger partial charge is 0.242 e. The first-order chi connectivity index (χ1) is 17.5. The number of nitrogens with one attached hydrogen (secondary N) is 1. The maximum absolute atomic E-state index is 13.3. The maximum Gasteiger partial charge on any atom is 0.242 e. The van der Waals surface area contributed by atoms with Crippen molar-refractivity contribution in [3.8, 4) is 11.5 Å². The van der Waals surface area contributed by atoms with Crippen LogP contribution in [0.3, 0.4) is 0 Å². The normalized spacial score (nSPS) is 12.1. The summed E-state index contributed by atoms with van der Waals surface area (Å²) < 4.78 is 36.5. The van der Waals surface area contributed by atoms with Gasteiger partial charge in [-0.1, -0.05) is 26.0 Å². The van der Waals surface area contributed by atoms with Gasteiger partial charge in [-0.3, -0.25) is 13.9 Å². The average molecular weight is 534 g/mol. The molecule has 1 atom stereocenters. The summed E-state index contributed by atoms with van der Waals surface area (Å²) >= 11 is 0. The molecule has 0 fully saturated rings. The van der Waals surface area contributed by atoms with E-state index in [0.717, 1.165) is 11.8 Å². The first-order valence-corrected chi connectivity index (χ1v) is 14.1. The molecule has 0 saturated heterocycles. The fraction of sp³-hybridized carbons (Fsp3) is 0.481. The van der Waals surface area contributed by atoms with Crippen LogP contribution in [0.4, 0.5) is 5.69 Å². The van der Waals surface area contributed by atoms with E-state index >= 15 is 0 Å². The highest BCUT2D eigenvalue weighted by Gasteiger charge is 2.26. The number of carbonyl (C=O) groups excluding carboxylic acids is 2. The van der Waals surface area contributed by atoms with Gasteiger partial charge in [0.1, 0.15) is 17.5 Å². The first-order valence-electron chi connectivity index (χ1n) is 12.3. The molecule has 2 amide bonds. The standard InChI is InChI=1S/C27H39N3O6S/c1-20(2)18-28-27(32)21(3)29(19-22-9-13-24(35-4)14-10-22)26(31)8-7-17-30(37(6,33)34)23-11-15-25(36-5)16-12-23/h9-16,20-21H,7-8,17-19H2,1-6H3,(H,28,32)/t21-/m0/s1. The van der Waals surface area contributed by atoms with E-state index in [9.17, 15) is 18.0 Å². The van der Waals surface area contributed by atoms with Crippen molar-refractivity contribution in [2.24, 2.45) is 5.92 Å². The van der Waals surface area contributed by atoms with Gasteiger partial charge in [0.05, 0.1) is 26.2 Å². The van der Waals surface area contributed by atoms with E-state index in [4.69, 9.17) is 9.47 Å². The molecule has 2 rings (SSSR count). The van der Waals surface area contributed by atoms with E-state index in [1.165, 1.54) is 16.3 Å². The van der Waals surface area contributed by atoms with Gasteiger partial charge in [-0.2, -0.15) is 0 Å². The lowest BCUT2D eigenvalue weighted by Crippen LogP contribution is -2.48. The highest BCUT2D eigenvalue weighted by molar-refractivity contribution is 7.92. The van der Waals surface area contributed by atoms with Gasteiger partial charge >= 0.3 is 0 Å². The van der Waals surface area contributed by atoms with Crippen LogP contribution in [-0.4, -0.2) is 64.7 Å². The molecule has 0 unspecified atom stereocenters. The Balaban J connectivity index is 2.15. The van der Waals surface area contributed by atoms with E-state index in [1.54, 1.807) is 50.4 Å². The van der Waals surface area contributed by atoms with Crippen LogP contribution in [0, 0.1) is 5.92 Å². The van der Waals surface area contributed by atoms with Crippen molar-refractivity contribution < 1.29 is 27.5 Å². The van der Waals surface area contributed by atoms with Gasteiger partial charge in [-0.25, -0.2) is 8.42 Å². The third-order valence-electron chi connectivity index (χ3n) is 5.88. The zero-order chi connectivity index (χ0) is 27.6. The fourth-order valence-corrected chi connectivity index (χ4v) is 4.68. The summed E-state index contributed by atoms with van der Waals surface area (Å²) in [5, 5.41) is 2.90. The predicted octanol–water partition coefficient (Wildman–Crippen LogP) is 3.44. The molecular weight excluding hydrogens is 494 g/mol. The van der Waals surface area contributed by atoms with Gasteiger partial charge in [0.2, 0.25) is 21.8 Å². The summed E-state index contributed by atoms with van der Waals surface area (Å²) in [4.78, 5) is 27.7. The number of methoxy groups -OCH3 is 2. The van der Waals surface area contributed by atoms with Crippen LogP contribution in [0.5, 0.6) is 11.5 Å². The number of amides is 2. The van der Waals surface area contributed by atoms with Crippen LogP contribution in [0.15, 0.2) is 48.5 Å². The molecule has 0 aliphatic carbocycles. The molecule has 0 bridgehead atoms. The predicted molar refractivity (Wildman–Crippen MR) is 145 cm³/mol. The summed E-state index contributed by atoms with van der Waals surface area (Å²) in [6.07, 6.45) is 1.51. The lowest BCUT2D eigenvalue weighted by molar-refractivity contribution is -0.140. The monoisotopic (exact) mass is 533 g/mol. The molecule has 2 aromatic rings. The molecule has 2 aromatic carbocycles. The molecule has 0 aliphatic rings. The number of nitrogens with zero attached hydrogens (tertiary/aromatic N) is 2.